The molecule has 120 valence electrons. The van der Waals surface area contributed by atoms with Crippen LogP contribution in [0.15, 0.2) is 54.7 Å². The van der Waals surface area contributed by atoms with E-state index < -0.39 is 0 Å². The van der Waals surface area contributed by atoms with Gasteiger partial charge in [-0.2, -0.15) is 0 Å². The predicted molar refractivity (Wildman–Crippen MR) is 90.4 cm³/mol. The van der Waals surface area contributed by atoms with Crippen LogP contribution < -0.4 is 20.1 Å². The molecule has 2 aromatic rings. The molecule has 23 heavy (non-hydrogen) atoms. The van der Waals surface area contributed by atoms with Gasteiger partial charge in [-0.25, -0.2) is 4.79 Å². The first-order valence-electron chi connectivity index (χ1n) is 7.20. The molecule has 0 aromatic heterocycles. The Morgan fingerprint density at radius 3 is 2.48 bits per heavy atom. The van der Waals surface area contributed by atoms with Crippen molar-refractivity contribution in [3.05, 3.63) is 65.9 Å². The SMILES string of the molecule is COc1ccc(/C=C/NC(=O)NCc2ccccc2OC)cc1. The lowest BCUT2D eigenvalue weighted by Gasteiger charge is -2.09. The van der Waals surface area contributed by atoms with Gasteiger partial charge in [0.2, 0.25) is 0 Å². The van der Waals surface area contributed by atoms with Crippen molar-refractivity contribution < 1.29 is 14.3 Å². The number of para-hydroxylation sites is 1. The zero-order chi connectivity index (χ0) is 16.5. The van der Waals surface area contributed by atoms with Crippen LogP contribution in [-0.2, 0) is 6.54 Å². The van der Waals surface area contributed by atoms with Gasteiger partial charge in [-0.05, 0) is 29.8 Å². The standard InChI is InChI=1S/C18H20N2O3/c1-22-16-9-7-14(8-10-16)11-12-19-18(21)20-13-15-5-3-4-6-17(15)23-2/h3-12H,13H2,1-2H3,(H2,19,20,21)/b12-11+. The molecule has 0 atom stereocenters. The molecule has 2 N–H and O–H groups in total. The topological polar surface area (TPSA) is 59.6 Å². The third-order valence-electron chi connectivity index (χ3n) is 3.24. The van der Waals surface area contributed by atoms with Crippen molar-refractivity contribution in [2.24, 2.45) is 0 Å². The van der Waals surface area contributed by atoms with Gasteiger partial charge in [0.15, 0.2) is 0 Å². The lowest BCUT2D eigenvalue weighted by molar-refractivity contribution is 0.243. The summed E-state index contributed by atoms with van der Waals surface area (Å²) < 4.78 is 10.3. The van der Waals surface area contributed by atoms with E-state index in [9.17, 15) is 4.79 Å². The first kappa shape index (κ1) is 16.4. The molecule has 2 aromatic carbocycles. The molecule has 5 heteroatoms. The Hall–Kier alpha value is -2.95. The Bertz CT molecular complexity index is 666. The van der Waals surface area contributed by atoms with E-state index in [1.54, 1.807) is 20.4 Å². The van der Waals surface area contributed by atoms with Gasteiger partial charge < -0.3 is 20.1 Å². The van der Waals surface area contributed by atoms with Crippen molar-refractivity contribution >= 4 is 12.1 Å². The van der Waals surface area contributed by atoms with Crippen LogP contribution in [0.1, 0.15) is 11.1 Å². The highest BCUT2D eigenvalue weighted by Crippen LogP contribution is 2.16. The first-order chi connectivity index (χ1) is 11.2. The van der Waals surface area contributed by atoms with Crippen molar-refractivity contribution in [2.45, 2.75) is 6.54 Å². The minimum atomic E-state index is -0.277. The Kier molecular flexibility index (Phi) is 6.06. The number of rotatable bonds is 6. The van der Waals surface area contributed by atoms with E-state index in [-0.39, 0.29) is 6.03 Å². The molecule has 2 rings (SSSR count). The smallest absolute Gasteiger partial charge is 0.319 e. The molecule has 0 spiro atoms. The summed E-state index contributed by atoms with van der Waals surface area (Å²) in [5.41, 5.74) is 1.89. The van der Waals surface area contributed by atoms with Crippen LogP contribution >= 0.6 is 0 Å². The molecule has 0 unspecified atom stereocenters. The van der Waals surface area contributed by atoms with Crippen molar-refractivity contribution in [3.8, 4) is 11.5 Å². The zero-order valence-corrected chi connectivity index (χ0v) is 13.2. The zero-order valence-electron chi connectivity index (χ0n) is 13.2. The summed E-state index contributed by atoms with van der Waals surface area (Å²) >= 11 is 0. The van der Waals surface area contributed by atoms with Gasteiger partial charge in [0.25, 0.3) is 0 Å². The summed E-state index contributed by atoms with van der Waals surface area (Å²) in [7, 11) is 3.23. The Balaban J connectivity index is 1.81. The molecule has 0 fully saturated rings. The quantitative estimate of drug-likeness (QED) is 0.861. The van der Waals surface area contributed by atoms with Crippen LogP contribution in [0.2, 0.25) is 0 Å². The van der Waals surface area contributed by atoms with Crippen LogP contribution in [0.3, 0.4) is 0 Å². The van der Waals surface area contributed by atoms with Gasteiger partial charge in [0.05, 0.1) is 14.2 Å². The second kappa shape index (κ2) is 8.48. The second-order valence-electron chi connectivity index (χ2n) is 4.75. The van der Waals surface area contributed by atoms with Crippen molar-refractivity contribution in [2.75, 3.05) is 14.2 Å². The van der Waals surface area contributed by atoms with Crippen LogP contribution in [0.4, 0.5) is 4.79 Å². The molecular formula is C18H20N2O3. The fourth-order valence-corrected chi connectivity index (χ4v) is 2.00. The number of benzene rings is 2. The van der Waals surface area contributed by atoms with Gasteiger partial charge in [-0.1, -0.05) is 30.3 Å². The third-order valence-corrected chi connectivity index (χ3v) is 3.24. The molecule has 0 saturated carbocycles. The molecular weight excluding hydrogens is 292 g/mol. The first-order valence-corrected chi connectivity index (χ1v) is 7.20. The molecule has 0 saturated heterocycles. The summed E-state index contributed by atoms with van der Waals surface area (Å²) in [5, 5.41) is 5.44. The average molecular weight is 312 g/mol. The molecule has 0 bridgehead atoms. The predicted octanol–water partition coefficient (Wildman–Crippen LogP) is 3.17. The minimum Gasteiger partial charge on any atom is -0.497 e. The molecule has 0 radical (unpaired) electrons. The van der Waals surface area contributed by atoms with Crippen molar-refractivity contribution in [1.82, 2.24) is 10.6 Å². The maximum atomic E-state index is 11.8. The van der Waals surface area contributed by atoms with Crippen LogP contribution in [-0.4, -0.2) is 20.3 Å². The van der Waals surface area contributed by atoms with E-state index in [0.29, 0.717) is 6.54 Å². The van der Waals surface area contributed by atoms with E-state index in [0.717, 1.165) is 22.6 Å². The number of carbonyl (C=O) groups is 1. The normalized spacial score (nSPS) is 10.3. The van der Waals surface area contributed by atoms with Crippen molar-refractivity contribution in [1.29, 1.82) is 0 Å². The number of hydrogen-bond donors (Lipinski definition) is 2. The van der Waals surface area contributed by atoms with E-state index in [2.05, 4.69) is 10.6 Å². The summed E-state index contributed by atoms with van der Waals surface area (Å²) in [6.07, 6.45) is 3.40. The van der Waals surface area contributed by atoms with Gasteiger partial charge >= 0.3 is 6.03 Å². The number of amides is 2. The van der Waals surface area contributed by atoms with E-state index in [4.69, 9.17) is 9.47 Å². The molecule has 0 aliphatic rings. The van der Waals surface area contributed by atoms with Crippen molar-refractivity contribution in [3.63, 3.8) is 0 Å². The monoisotopic (exact) mass is 312 g/mol. The number of carbonyl (C=O) groups excluding carboxylic acids is 1. The largest absolute Gasteiger partial charge is 0.497 e. The fraction of sp³-hybridized carbons (Fsp3) is 0.167. The van der Waals surface area contributed by atoms with Gasteiger partial charge in [0, 0.05) is 18.3 Å². The molecule has 0 heterocycles. The Morgan fingerprint density at radius 2 is 1.78 bits per heavy atom. The number of hydrogen-bond acceptors (Lipinski definition) is 3. The summed E-state index contributed by atoms with van der Waals surface area (Å²) in [4.78, 5) is 11.8. The molecule has 5 nitrogen and oxygen atoms in total. The lowest BCUT2D eigenvalue weighted by atomic mass is 10.2. The van der Waals surface area contributed by atoms with Crippen LogP contribution in [0, 0.1) is 0 Å². The fourth-order valence-electron chi connectivity index (χ4n) is 2.00. The number of ether oxygens (including phenoxy) is 2. The molecule has 2 amide bonds. The summed E-state index contributed by atoms with van der Waals surface area (Å²) in [6.45, 7) is 0.395. The van der Waals surface area contributed by atoms with E-state index in [1.807, 2.05) is 54.6 Å². The maximum absolute atomic E-state index is 11.8. The second-order valence-corrected chi connectivity index (χ2v) is 4.75. The highest BCUT2D eigenvalue weighted by atomic mass is 16.5. The lowest BCUT2D eigenvalue weighted by Crippen LogP contribution is -2.31. The minimum absolute atomic E-state index is 0.277. The summed E-state index contributed by atoms with van der Waals surface area (Å²) in [6, 6.07) is 14.8. The van der Waals surface area contributed by atoms with Crippen LogP contribution in [0.25, 0.3) is 6.08 Å². The average Bonchev–Trinajstić information content (AvgIpc) is 2.60. The highest BCUT2D eigenvalue weighted by Gasteiger charge is 2.03. The van der Waals surface area contributed by atoms with Gasteiger partial charge in [-0.15, -0.1) is 0 Å². The Labute approximate surface area is 135 Å². The summed E-state index contributed by atoms with van der Waals surface area (Å²) in [5.74, 6) is 1.55. The number of nitrogens with one attached hydrogen (secondary N) is 2. The van der Waals surface area contributed by atoms with Gasteiger partial charge in [0.1, 0.15) is 11.5 Å². The maximum Gasteiger partial charge on any atom is 0.319 e. The highest BCUT2D eigenvalue weighted by molar-refractivity contribution is 5.76. The number of methoxy groups -OCH3 is 2. The Morgan fingerprint density at radius 1 is 1.04 bits per heavy atom. The van der Waals surface area contributed by atoms with Crippen LogP contribution in [0.5, 0.6) is 11.5 Å². The number of urea groups is 1. The molecule has 0 aliphatic heterocycles. The van der Waals surface area contributed by atoms with E-state index in [1.165, 1.54) is 0 Å². The van der Waals surface area contributed by atoms with Gasteiger partial charge in [-0.3, -0.25) is 0 Å². The third kappa shape index (κ3) is 5.07. The molecule has 0 aliphatic carbocycles. The van der Waals surface area contributed by atoms with E-state index >= 15 is 0 Å².